The quantitative estimate of drug-likeness (QED) is 0.375. The Bertz CT molecular complexity index is 1710. The van der Waals surface area contributed by atoms with Crippen LogP contribution in [0.15, 0.2) is 52.6 Å². The van der Waals surface area contributed by atoms with Crippen LogP contribution in [-0.2, 0) is 32.0 Å². The Morgan fingerprint density at radius 3 is 2.66 bits per heavy atom. The number of anilines is 1. The van der Waals surface area contributed by atoms with Crippen molar-refractivity contribution in [2.45, 2.75) is 26.9 Å². The summed E-state index contributed by atoms with van der Waals surface area (Å²) < 4.78 is 4.78. The van der Waals surface area contributed by atoms with Gasteiger partial charge in [-0.1, -0.05) is 23.5 Å². The summed E-state index contributed by atoms with van der Waals surface area (Å²) >= 11 is 1.44. The summed E-state index contributed by atoms with van der Waals surface area (Å²) in [4.78, 5) is 53.6. The van der Waals surface area contributed by atoms with Crippen molar-refractivity contribution in [3.05, 3.63) is 80.5 Å². The molecule has 0 atom stereocenters. The number of carbonyl (C=O) groups excluding carboxylic acids is 1. The van der Waals surface area contributed by atoms with Crippen molar-refractivity contribution in [3.63, 3.8) is 0 Å². The van der Waals surface area contributed by atoms with Gasteiger partial charge >= 0.3 is 5.69 Å². The Morgan fingerprint density at radius 1 is 1.11 bits per heavy atom. The lowest BCUT2D eigenvalue weighted by atomic mass is 10.1. The first-order chi connectivity index (χ1) is 16.8. The predicted octanol–water partition coefficient (Wildman–Crippen LogP) is 2.29. The van der Waals surface area contributed by atoms with Crippen LogP contribution >= 0.6 is 11.3 Å². The number of hydrogen-bond donors (Lipinski definition) is 0. The van der Waals surface area contributed by atoms with Crippen LogP contribution in [0.1, 0.15) is 16.7 Å². The maximum Gasteiger partial charge on any atom is 0.332 e. The van der Waals surface area contributed by atoms with Gasteiger partial charge in [0.1, 0.15) is 6.54 Å². The van der Waals surface area contributed by atoms with Crippen molar-refractivity contribution in [2.75, 3.05) is 4.90 Å². The largest absolute Gasteiger partial charge is 0.332 e. The van der Waals surface area contributed by atoms with Crippen LogP contribution in [0.2, 0.25) is 0 Å². The summed E-state index contributed by atoms with van der Waals surface area (Å²) in [6.07, 6.45) is 4.80. The summed E-state index contributed by atoms with van der Waals surface area (Å²) in [7, 11) is 2.95. The number of rotatable bonds is 5. The number of carbonyl (C=O) groups is 1. The molecule has 4 heterocycles. The van der Waals surface area contributed by atoms with E-state index in [1.54, 1.807) is 24.3 Å². The third-order valence-corrected chi connectivity index (χ3v) is 7.24. The molecule has 10 nitrogen and oxygen atoms in total. The third-order valence-electron chi connectivity index (χ3n) is 6.19. The van der Waals surface area contributed by atoms with E-state index in [1.165, 1.54) is 33.8 Å². The normalized spacial score (nSPS) is 11.4. The first kappa shape index (κ1) is 22.7. The fourth-order valence-corrected chi connectivity index (χ4v) is 5.06. The summed E-state index contributed by atoms with van der Waals surface area (Å²) in [5, 5.41) is 0.562. The van der Waals surface area contributed by atoms with E-state index in [9.17, 15) is 14.4 Å². The van der Waals surface area contributed by atoms with Crippen LogP contribution in [0, 0.1) is 13.8 Å². The minimum absolute atomic E-state index is 0.141. The van der Waals surface area contributed by atoms with Gasteiger partial charge in [0, 0.05) is 26.5 Å². The van der Waals surface area contributed by atoms with E-state index < -0.39 is 11.2 Å². The number of hydrogen-bond acceptors (Lipinski definition) is 7. The Balaban J connectivity index is 1.59. The van der Waals surface area contributed by atoms with Crippen molar-refractivity contribution in [1.29, 1.82) is 0 Å². The Morgan fingerprint density at radius 2 is 1.91 bits per heavy atom. The average Bonchev–Trinajstić information content (AvgIpc) is 3.48. The van der Waals surface area contributed by atoms with E-state index in [0.717, 1.165) is 31.5 Å². The summed E-state index contributed by atoms with van der Waals surface area (Å²) in [6.45, 7) is 4.18. The molecule has 0 fully saturated rings. The summed E-state index contributed by atoms with van der Waals surface area (Å²) in [6, 6.07) is 7.77. The minimum Gasteiger partial charge on any atom is -0.315 e. The molecule has 0 bridgehead atoms. The molecule has 4 aromatic heterocycles. The third kappa shape index (κ3) is 3.83. The highest BCUT2D eigenvalue weighted by Gasteiger charge is 2.23. The molecular formula is C24H23N7O3S. The molecule has 0 spiro atoms. The van der Waals surface area contributed by atoms with Crippen LogP contribution < -0.4 is 16.1 Å². The second-order valence-electron chi connectivity index (χ2n) is 8.44. The smallest absolute Gasteiger partial charge is 0.315 e. The minimum atomic E-state index is -0.502. The topological polar surface area (TPSA) is 108 Å². The summed E-state index contributed by atoms with van der Waals surface area (Å²) in [5.74, 6) is -0.266. The monoisotopic (exact) mass is 489 g/mol. The fraction of sp³-hybridized carbons (Fsp3) is 0.250. The molecule has 1 amide bonds. The van der Waals surface area contributed by atoms with Gasteiger partial charge in [-0.05, 0) is 42.7 Å². The molecule has 0 unspecified atom stereocenters. The molecule has 11 heteroatoms. The Labute approximate surface area is 203 Å². The van der Waals surface area contributed by atoms with Gasteiger partial charge in [-0.3, -0.25) is 28.6 Å². The lowest BCUT2D eigenvalue weighted by Crippen LogP contribution is -2.38. The van der Waals surface area contributed by atoms with E-state index in [0.29, 0.717) is 5.13 Å². The zero-order valence-corrected chi connectivity index (χ0v) is 20.5. The van der Waals surface area contributed by atoms with Crippen molar-refractivity contribution < 1.29 is 4.79 Å². The highest BCUT2D eigenvalue weighted by Crippen LogP contribution is 2.33. The predicted molar refractivity (Wildman–Crippen MR) is 135 cm³/mol. The number of fused-ring (bicyclic) bond motifs is 2. The molecule has 5 aromatic rings. The van der Waals surface area contributed by atoms with E-state index >= 15 is 0 Å². The lowest BCUT2D eigenvalue weighted by molar-refractivity contribution is -0.119. The zero-order chi connectivity index (χ0) is 24.9. The second kappa shape index (κ2) is 8.58. The molecule has 0 saturated heterocycles. The Kier molecular flexibility index (Phi) is 5.56. The van der Waals surface area contributed by atoms with Gasteiger partial charge in [-0.2, -0.15) is 0 Å². The molecular weight excluding hydrogens is 466 g/mol. The standard InChI is InChI=1S/C24H23N7O3S/c1-14-7-8-17-19(15(14)2)27-23(35-17)31(11-16-6-5-9-25-10-16)18(32)12-30-13-26-21-20(30)22(33)29(4)24(34)28(21)3/h5-10,13H,11-12H2,1-4H3. The van der Waals surface area contributed by atoms with Crippen molar-refractivity contribution in [1.82, 2.24) is 28.7 Å². The van der Waals surface area contributed by atoms with Crippen LogP contribution in [0.3, 0.4) is 0 Å². The van der Waals surface area contributed by atoms with Crippen LogP contribution in [0.5, 0.6) is 0 Å². The van der Waals surface area contributed by atoms with Crippen molar-refractivity contribution >= 4 is 43.8 Å². The molecule has 178 valence electrons. The van der Waals surface area contributed by atoms with Gasteiger partial charge in [0.05, 0.1) is 23.1 Å². The molecule has 0 aliphatic carbocycles. The number of nitrogens with zero attached hydrogens (tertiary/aromatic N) is 7. The van der Waals surface area contributed by atoms with Gasteiger partial charge in [-0.15, -0.1) is 0 Å². The van der Waals surface area contributed by atoms with E-state index in [-0.39, 0.29) is 30.2 Å². The highest BCUT2D eigenvalue weighted by atomic mass is 32.1. The van der Waals surface area contributed by atoms with E-state index in [1.807, 2.05) is 38.1 Å². The second-order valence-corrected chi connectivity index (χ2v) is 9.45. The zero-order valence-electron chi connectivity index (χ0n) is 19.7. The average molecular weight is 490 g/mol. The molecule has 1 aromatic carbocycles. The number of benzene rings is 1. The molecule has 0 aliphatic heterocycles. The SMILES string of the molecule is Cc1ccc2sc(N(Cc3cccnc3)C(=O)Cn3cnc4c3c(=O)n(C)c(=O)n4C)nc2c1C. The first-order valence-electron chi connectivity index (χ1n) is 10.9. The van der Waals surface area contributed by atoms with Gasteiger partial charge in [0.2, 0.25) is 5.91 Å². The molecule has 0 saturated carbocycles. The number of aromatic nitrogens is 6. The number of thiazole rings is 1. The molecule has 0 N–H and O–H groups in total. The maximum atomic E-state index is 13.7. The number of aryl methyl sites for hydroxylation is 3. The maximum absolute atomic E-state index is 13.7. The number of amides is 1. The number of pyridine rings is 1. The molecule has 0 aliphatic rings. The van der Waals surface area contributed by atoms with E-state index in [2.05, 4.69) is 9.97 Å². The fourth-order valence-electron chi connectivity index (χ4n) is 4.01. The van der Waals surface area contributed by atoms with Gasteiger partial charge in [0.15, 0.2) is 16.3 Å². The van der Waals surface area contributed by atoms with E-state index in [4.69, 9.17) is 4.98 Å². The van der Waals surface area contributed by atoms with Crippen LogP contribution in [0.4, 0.5) is 5.13 Å². The molecule has 5 rings (SSSR count). The van der Waals surface area contributed by atoms with Crippen molar-refractivity contribution in [3.8, 4) is 0 Å². The molecule has 35 heavy (non-hydrogen) atoms. The first-order valence-corrected chi connectivity index (χ1v) is 11.7. The lowest BCUT2D eigenvalue weighted by Gasteiger charge is -2.20. The summed E-state index contributed by atoms with van der Waals surface area (Å²) in [5.41, 5.74) is 3.37. The number of imidazole rings is 1. The highest BCUT2D eigenvalue weighted by molar-refractivity contribution is 7.22. The van der Waals surface area contributed by atoms with Crippen LogP contribution in [0.25, 0.3) is 21.4 Å². The van der Waals surface area contributed by atoms with Crippen molar-refractivity contribution in [2.24, 2.45) is 14.1 Å². The van der Waals surface area contributed by atoms with Gasteiger partial charge in [0.25, 0.3) is 5.56 Å². The Hall–Kier alpha value is -4.12. The van der Waals surface area contributed by atoms with Gasteiger partial charge in [-0.25, -0.2) is 14.8 Å². The molecule has 0 radical (unpaired) electrons. The van der Waals surface area contributed by atoms with Crippen LogP contribution in [-0.4, -0.2) is 34.6 Å². The van der Waals surface area contributed by atoms with Gasteiger partial charge < -0.3 is 4.57 Å².